The number of rotatable bonds is 4. The Morgan fingerprint density at radius 2 is 1.95 bits per heavy atom. The van der Waals surface area contributed by atoms with E-state index in [1.807, 2.05) is 62.4 Å². The maximum atomic E-state index is 11.3. The van der Waals surface area contributed by atoms with Gasteiger partial charge in [-0.2, -0.15) is 0 Å². The number of hydrogen-bond acceptors (Lipinski definition) is 3. The van der Waals surface area contributed by atoms with Gasteiger partial charge in [-0.15, -0.1) is 0 Å². The van der Waals surface area contributed by atoms with Gasteiger partial charge >= 0.3 is 0 Å². The summed E-state index contributed by atoms with van der Waals surface area (Å²) in [7, 11) is 0. The van der Waals surface area contributed by atoms with Gasteiger partial charge in [0.25, 0.3) is 0 Å². The van der Waals surface area contributed by atoms with E-state index in [1.165, 1.54) is 0 Å². The van der Waals surface area contributed by atoms with Crippen LogP contribution in [-0.4, -0.2) is 11.9 Å². The van der Waals surface area contributed by atoms with Crippen molar-refractivity contribution in [3.05, 3.63) is 59.7 Å². The molecular weight excluding hydrogens is 264 g/mol. The molecule has 1 aliphatic heterocycles. The predicted octanol–water partition coefficient (Wildman–Crippen LogP) is 3.72. The highest BCUT2D eigenvalue weighted by Crippen LogP contribution is 2.44. The zero-order valence-corrected chi connectivity index (χ0v) is 12.2. The van der Waals surface area contributed by atoms with Crippen LogP contribution in [0.2, 0.25) is 0 Å². The molecule has 108 valence electrons. The Labute approximate surface area is 124 Å². The van der Waals surface area contributed by atoms with E-state index in [0.717, 1.165) is 28.9 Å². The van der Waals surface area contributed by atoms with Crippen LogP contribution >= 0.6 is 0 Å². The molecule has 0 aromatic heterocycles. The Kier molecular flexibility index (Phi) is 3.42. The molecule has 0 bridgehead atoms. The Hall–Kier alpha value is -2.29. The van der Waals surface area contributed by atoms with E-state index in [9.17, 15) is 4.79 Å². The largest absolute Gasteiger partial charge is 0.489 e. The van der Waals surface area contributed by atoms with Gasteiger partial charge in [0.05, 0.1) is 5.92 Å². The van der Waals surface area contributed by atoms with Gasteiger partial charge in [-0.3, -0.25) is 0 Å². The summed E-state index contributed by atoms with van der Waals surface area (Å²) in [6, 6.07) is 15.7. The first-order valence-corrected chi connectivity index (χ1v) is 7.05. The molecule has 0 saturated heterocycles. The number of aldehydes is 1. The van der Waals surface area contributed by atoms with Gasteiger partial charge in [-0.1, -0.05) is 36.4 Å². The number of ether oxygens (including phenoxy) is 2. The van der Waals surface area contributed by atoms with Gasteiger partial charge in [0.2, 0.25) is 0 Å². The molecule has 0 saturated carbocycles. The maximum Gasteiger partial charge on any atom is 0.131 e. The lowest BCUT2D eigenvalue weighted by molar-refractivity contribution is -0.111. The monoisotopic (exact) mass is 282 g/mol. The molecule has 1 aliphatic rings. The second kappa shape index (κ2) is 5.24. The second-order valence-corrected chi connectivity index (χ2v) is 5.79. The van der Waals surface area contributed by atoms with Crippen LogP contribution in [0, 0.1) is 0 Å². The van der Waals surface area contributed by atoms with Gasteiger partial charge in [0, 0.05) is 11.6 Å². The lowest BCUT2D eigenvalue weighted by atomic mass is 9.88. The van der Waals surface area contributed by atoms with E-state index in [2.05, 4.69) is 0 Å². The lowest BCUT2D eigenvalue weighted by Gasteiger charge is -2.21. The normalized spacial score (nSPS) is 18.7. The molecule has 3 heteroatoms. The van der Waals surface area contributed by atoms with Gasteiger partial charge in [-0.25, -0.2) is 0 Å². The van der Waals surface area contributed by atoms with Gasteiger partial charge in [-0.05, 0) is 25.5 Å². The Morgan fingerprint density at radius 1 is 1.19 bits per heavy atom. The van der Waals surface area contributed by atoms with E-state index in [1.54, 1.807) is 0 Å². The van der Waals surface area contributed by atoms with E-state index in [-0.39, 0.29) is 5.92 Å². The molecule has 3 rings (SSSR count). The molecule has 1 heterocycles. The molecule has 0 radical (unpaired) electrons. The molecule has 0 amide bonds. The number of carbonyl (C=O) groups is 1. The Bertz CT molecular complexity index is 647. The zero-order chi connectivity index (χ0) is 14.9. The highest BCUT2D eigenvalue weighted by atomic mass is 16.5. The first kappa shape index (κ1) is 13.7. The molecule has 0 spiro atoms. The lowest BCUT2D eigenvalue weighted by Crippen LogP contribution is -2.30. The molecule has 2 aromatic rings. The summed E-state index contributed by atoms with van der Waals surface area (Å²) in [5.74, 6) is 1.26. The third-order valence-electron chi connectivity index (χ3n) is 3.83. The molecule has 2 aromatic carbocycles. The van der Waals surface area contributed by atoms with Crippen LogP contribution in [0.3, 0.4) is 0 Å². The van der Waals surface area contributed by atoms with Crippen LogP contribution in [0.1, 0.15) is 30.9 Å². The predicted molar refractivity (Wildman–Crippen MR) is 80.7 cm³/mol. The van der Waals surface area contributed by atoms with Crippen molar-refractivity contribution in [2.45, 2.75) is 32.0 Å². The van der Waals surface area contributed by atoms with Gasteiger partial charge in [0.15, 0.2) is 0 Å². The fourth-order valence-electron chi connectivity index (χ4n) is 2.65. The van der Waals surface area contributed by atoms with Crippen molar-refractivity contribution in [3.8, 4) is 11.5 Å². The van der Waals surface area contributed by atoms with Crippen LogP contribution in [-0.2, 0) is 11.4 Å². The quantitative estimate of drug-likeness (QED) is 0.802. The molecule has 1 atom stereocenters. The van der Waals surface area contributed by atoms with Crippen molar-refractivity contribution in [2.24, 2.45) is 0 Å². The topological polar surface area (TPSA) is 35.5 Å². The summed E-state index contributed by atoms with van der Waals surface area (Å²) >= 11 is 0. The van der Waals surface area contributed by atoms with Crippen LogP contribution in [0.4, 0.5) is 0 Å². The van der Waals surface area contributed by atoms with Crippen molar-refractivity contribution in [1.29, 1.82) is 0 Å². The van der Waals surface area contributed by atoms with Crippen LogP contribution in [0.15, 0.2) is 48.5 Å². The SMILES string of the molecule is CC1(C)Oc2cc(OCc3ccccc3)ccc2C1C=O. The number of benzene rings is 2. The molecule has 3 nitrogen and oxygen atoms in total. The summed E-state index contributed by atoms with van der Waals surface area (Å²) in [5, 5.41) is 0. The minimum atomic E-state index is -0.498. The fraction of sp³-hybridized carbons (Fsp3) is 0.278. The van der Waals surface area contributed by atoms with Crippen molar-refractivity contribution >= 4 is 6.29 Å². The average Bonchev–Trinajstić information content (AvgIpc) is 2.74. The zero-order valence-electron chi connectivity index (χ0n) is 12.2. The first-order valence-electron chi connectivity index (χ1n) is 7.05. The second-order valence-electron chi connectivity index (χ2n) is 5.79. The highest BCUT2D eigenvalue weighted by Gasteiger charge is 2.41. The van der Waals surface area contributed by atoms with Crippen molar-refractivity contribution in [1.82, 2.24) is 0 Å². The third-order valence-corrected chi connectivity index (χ3v) is 3.83. The van der Waals surface area contributed by atoms with E-state index >= 15 is 0 Å². The Balaban J connectivity index is 1.77. The van der Waals surface area contributed by atoms with E-state index < -0.39 is 5.60 Å². The molecule has 1 unspecified atom stereocenters. The van der Waals surface area contributed by atoms with Crippen LogP contribution in [0.25, 0.3) is 0 Å². The molecular formula is C18H18O3. The molecule has 21 heavy (non-hydrogen) atoms. The maximum absolute atomic E-state index is 11.3. The third kappa shape index (κ3) is 2.64. The van der Waals surface area contributed by atoms with Crippen molar-refractivity contribution in [3.63, 3.8) is 0 Å². The average molecular weight is 282 g/mol. The van der Waals surface area contributed by atoms with Crippen molar-refractivity contribution in [2.75, 3.05) is 0 Å². The number of hydrogen-bond donors (Lipinski definition) is 0. The Morgan fingerprint density at radius 3 is 2.67 bits per heavy atom. The summed E-state index contributed by atoms with van der Waals surface area (Å²) in [6.45, 7) is 4.37. The van der Waals surface area contributed by atoms with Gasteiger partial charge < -0.3 is 14.3 Å². The minimum absolute atomic E-state index is 0.226. The standard InChI is InChI=1S/C18H18O3/c1-18(2)16(11-19)15-9-8-14(10-17(15)21-18)20-12-13-6-4-3-5-7-13/h3-11,16H,12H2,1-2H3. The fourth-order valence-corrected chi connectivity index (χ4v) is 2.65. The summed E-state index contributed by atoms with van der Waals surface area (Å²) in [6.07, 6.45) is 0.955. The minimum Gasteiger partial charge on any atom is -0.489 e. The van der Waals surface area contributed by atoms with E-state index in [4.69, 9.17) is 9.47 Å². The van der Waals surface area contributed by atoms with Crippen LogP contribution < -0.4 is 9.47 Å². The molecule has 0 fully saturated rings. The summed E-state index contributed by atoms with van der Waals surface area (Å²) in [4.78, 5) is 11.3. The van der Waals surface area contributed by atoms with Crippen molar-refractivity contribution < 1.29 is 14.3 Å². The summed E-state index contributed by atoms with van der Waals surface area (Å²) in [5.41, 5.74) is 1.55. The van der Waals surface area contributed by atoms with Crippen LogP contribution in [0.5, 0.6) is 11.5 Å². The summed E-state index contributed by atoms with van der Waals surface area (Å²) < 4.78 is 11.7. The number of carbonyl (C=O) groups excluding carboxylic acids is 1. The number of fused-ring (bicyclic) bond motifs is 1. The smallest absolute Gasteiger partial charge is 0.131 e. The molecule has 0 N–H and O–H groups in total. The highest BCUT2D eigenvalue weighted by molar-refractivity contribution is 5.69. The van der Waals surface area contributed by atoms with Gasteiger partial charge in [0.1, 0.15) is 30.0 Å². The first-order chi connectivity index (χ1) is 10.1. The molecule has 0 aliphatic carbocycles. The van der Waals surface area contributed by atoms with E-state index in [0.29, 0.717) is 6.61 Å².